The maximum Gasteiger partial charge on any atom is 0.131 e. The second-order valence-corrected chi connectivity index (χ2v) is 5.96. The van der Waals surface area contributed by atoms with Gasteiger partial charge in [0.2, 0.25) is 0 Å². The van der Waals surface area contributed by atoms with E-state index in [9.17, 15) is 4.79 Å². The molecule has 1 heterocycles. The third-order valence-corrected chi connectivity index (χ3v) is 3.96. The molecule has 0 N–H and O–H groups in total. The summed E-state index contributed by atoms with van der Waals surface area (Å²) in [5.74, 6) is 1.17. The number of nitrogens with zero attached hydrogens (tertiary/aromatic N) is 1. The van der Waals surface area contributed by atoms with E-state index in [0.717, 1.165) is 29.7 Å². The summed E-state index contributed by atoms with van der Waals surface area (Å²) < 4.78 is 6.77. The molecule has 1 aromatic carbocycles. The van der Waals surface area contributed by atoms with Gasteiger partial charge in [-0.25, -0.2) is 0 Å². The molecule has 1 aliphatic rings. The Balaban J connectivity index is 1.77. The first-order valence-corrected chi connectivity index (χ1v) is 7.56. The van der Waals surface area contributed by atoms with Gasteiger partial charge in [0, 0.05) is 23.5 Å². The largest absolute Gasteiger partial charge is 0.492 e. The van der Waals surface area contributed by atoms with Crippen molar-refractivity contribution in [3.8, 4) is 5.75 Å². The first-order chi connectivity index (χ1) is 9.15. The number of likely N-dealkylation sites (tertiary alicyclic amines) is 1. The Hall–Kier alpha value is -0.870. The van der Waals surface area contributed by atoms with Gasteiger partial charge in [-0.1, -0.05) is 22.0 Å². The highest BCUT2D eigenvalue weighted by Crippen LogP contribution is 2.21. The van der Waals surface area contributed by atoms with Crippen molar-refractivity contribution in [2.24, 2.45) is 0 Å². The predicted molar refractivity (Wildman–Crippen MR) is 79.5 cm³/mol. The van der Waals surface area contributed by atoms with E-state index in [1.807, 2.05) is 24.3 Å². The lowest BCUT2D eigenvalue weighted by Gasteiger charge is -2.23. The van der Waals surface area contributed by atoms with Gasteiger partial charge in [0.1, 0.15) is 18.1 Å². The molecule has 1 saturated heterocycles. The summed E-state index contributed by atoms with van der Waals surface area (Å²) in [6.45, 7) is 4.32. The Bertz CT molecular complexity index is 436. The number of hydrogen-bond donors (Lipinski definition) is 0. The molecule has 2 rings (SSSR count). The highest BCUT2D eigenvalue weighted by Gasteiger charge is 2.24. The number of rotatable bonds is 6. The van der Waals surface area contributed by atoms with E-state index in [1.54, 1.807) is 6.92 Å². The molecule has 0 radical (unpaired) electrons. The number of carbonyl (C=O) groups is 1. The lowest BCUT2D eigenvalue weighted by atomic mass is 10.1. The number of hydrogen-bond acceptors (Lipinski definition) is 3. The molecule has 104 valence electrons. The fourth-order valence-electron chi connectivity index (χ4n) is 2.59. The van der Waals surface area contributed by atoms with Gasteiger partial charge in [0.25, 0.3) is 0 Å². The highest BCUT2D eigenvalue weighted by molar-refractivity contribution is 9.10. The number of ketones is 1. The van der Waals surface area contributed by atoms with Crippen molar-refractivity contribution in [2.75, 3.05) is 19.7 Å². The van der Waals surface area contributed by atoms with Gasteiger partial charge in [-0.15, -0.1) is 0 Å². The maximum absolute atomic E-state index is 11.2. The van der Waals surface area contributed by atoms with Crippen molar-refractivity contribution in [1.82, 2.24) is 4.90 Å². The van der Waals surface area contributed by atoms with E-state index < -0.39 is 0 Å². The van der Waals surface area contributed by atoms with Crippen molar-refractivity contribution >= 4 is 21.7 Å². The van der Waals surface area contributed by atoms with Crippen LogP contribution in [0.5, 0.6) is 5.75 Å². The molecule has 3 nitrogen and oxygen atoms in total. The molecule has 1 unspecified atom stereocenters. The van der Waals surface area contributed by atoms with E-state index in [2.05, 4.69) is 20.8 Å². The average Bonchev–Trinajstić information content (AvgIpc) is 2.76. The van der Waals surface area contributed by atoms with Crippen molar-refractivity contribution in [2.45, 2.75) is 32.2 Å². The van der Waals surface area contributed by atoms with Crippen LogP contribution in [-0.4, -0.2) is 36.4 Å². The van der Waals surface area contributed by atoms with Crippen LogP contribution in [0.15, 0.2) is 28.7 Å². The van der Waals surface area contributed by atoms with Gasteiger partial charge in [-0.2, -0.15) is 0 Å². The van der Waals surface area contributed by atoms with Crippen molar-refractivity contribution in [3.63, 3.8) is 0 Å². The van der Waals surface area contributed by atoms with Crippen molar-refractivity contribution < 1.29 is 9.53 Å². The Morgan fingerprint density at radius 1 is 1.53 bits per heavy atom. The minimum Gasteiger partial charge on any atom is -0.492 e. The summed E-state index contributed by atoms with van der Waals surface area (Å²) in [7, 11) is 0. The summed E-state index contributed by atoms with van der Waals surface area (Å²) in [5, 5.41) is 0. The van der Waals surface area contributed by atoms with Crippen LogP contribution < -0.4 is 4.74 Å². The van der Waals surface area contributed by atoms with Crippen LogP contribution in [-0.2, 0) is 4.79 Å². The van der Waals surface area contributed by atoms with E-state index in [4.69, 9.17) is 4.74 Å². The summed E-state index contributed by atoms with van der Waals surface area (Å²) in [4.78, 5) is 13.6. The molecule has 0 amide bonds. The molecule has 4 heteroatoms. The first kappa shape index (κ1) is 14.5. The van der Waals surface area contributed by atoms with E-state index in [0.29, 0.717) is 19.1 Å². The van der Waals surface area contributed by atoms with Crippen LogP contribution in [0.25, 0.3) is 0 Å². The number of benzene rings is 1. The highest BCUT2D eigenvalue weighted by atomic mass is 79.9. The zero-order chi connectivity index (χ0) is 13.7. The van der Waals surface area contributed by atoms with Crippen LogP contribution >= 0.6 is 15.9 Å². The van der Waals surface area contributed by atoms with Crippen molar-refractivity contribution in [1.29, 1.82) is 0 Å². The lowest BCUT2D eigenvalue weighted by Crippen LogP contribution is -2.34. The van der Waals surface area contributed by atoms with Gasteiger partial charge in [0.15, 0.2) is 0 Å². The summed E-state index contributed by atoms with van der Waals surface area (Å²) in [6.07, 6.45) is 3.00. The smallest absolute Gasteiger partial charge is 0.131 e. The topological polar surface area (TPSA) is 29.5 Å². The standard InChI is InChI=1S/C15H20BrNO2/c1-12(18)10-14-5-3-7-17(14)8-9-19-15-6-2-4-13(16)11-15/h2,4,6,11,14H,3,5,7-10H2,1H3. The monoisotopic (exact) mass is 325 g/mol. The summed E-state index contributed by atoms with van der Waals surface area (Å²) in [5.41, 5.74) is 0. The van der Waals surface area contributed by atoms with Gasteiger partial charge in [0.05, 0.1) is 0 Å². The molecule has 19 heavy (non-hydrogen) atoms. The van der Waals surface area contributed by atoms with Crippen LogP contribution in [0.3, 0.4) is 0 Å². The normalized spacial score (nSPS) is 19.6. The molecule has 0 spiro atoms. The average molecular weight is 326 g/mol. The minimum absolute atomic E-state index is 0.282. The summed E-state index contributed by atoms with van der Waals surface area (Å²) >= 11 is 3.43. The van der Waals surface area contributed by atoms with Crippen LogP contribution in [0, 0.1) is 0 Å². The number of halogens is 1. The van der Waals surface area contributed by atoms with Gasteiger partial charge < -0.3 is 4.74 Å². The van der Waals surface area contributed by atoms with Crippen LogP contribution in [0.1, 0.15) is 26.2 Å². The molecule has 1 aromatic rings. The molecule has 0 saturated carbocycles. The van der Waals surface area contributed by atoms with Crippen molar-refractivity contribution in [3.05, 3.63) is 28.7 Å². The molecular weight excluding hydrogens is 306 g/mol. The molecule has 1 aliphatic heterocycles. The van der Waals surface area contributed by atoms with E-state index in [-0.39, 0.29) is 5.78 Å². The third-order valence-electron chi connectivity index (χ3n) is 3.47. The fourth-order valence-corrected chi connectivity index (χ4v) is 2.97. The summed E-state index contributed by atoms with van der Waals surface area (Å²) in [6, 6.07) is 8.30. The SMILES string of the molecule is CC(=O)CC1CCCN1CCOc1cccc(Br)c1. The lowest BCUT2D eigenvalue weighted by molar-refractivity contribution is -0.118. The Morgan fingerprint density at radius 2 is 2.37 bits per heavy atom. The molecule has 0 aliphatic carbocycles. The van der Waals surface area contributed by atoms with Gasteiger partial charge >= 0.3 is 0 Å². The fraction of sp³-hybridized carbons (Fsp3) is 0.533. The second kappa shape index (κ2) is 7.06. The molecule has 1 fully saturated rings. The zero-order valence-corrected chi connectivity index (χ0v) is 12.9. The quantitative estimate of drug-likeness (QED) is 0.803. The number of Topliss-reactive ketones (excluding diaryl/α,β-unsaturated/α-hetero) is 1. The van der Waals surface area contributed by atoms with Crippen LogP contribution in [0.2, 0.25) is 0 Å². The number of carbonyl (C=O) groups excluding carboxylic acids is 1. The van der Waals surface area contributed by atoms with E-state index >= 15 is 0 Å². The zero-order valence-electron chi connectivity index (χ0n) is 11.3. The molecule has 1 atom stereocenters. The van der Waals surface area contributed by atoms with Gasteiger partial charge in [-0.3, -0.25) is 9.69 Å². The second-order valence-electron chi connectivity index (χ2n) is 5.04. The van der Waals surface area contributed by atoms with Crippen LogP contribution in [0.4, 0.5) is 0 Å². The minimum atomic E-state index is 0.282. The molecule has 0 aromatic heterocycles. The third kappa shape index (κ3) is 4.62. The Labute approximate surface area is 123 Å². The number of ether oxygens (including phenoxy) is 1. The molecular formula is C15H20BrNO2. The Kier molecular flexibility index (Phi) is 5.40. The molecule has 0 bridgehead atoms. The first-order valence-electron chi connectivity index (χ1n) is 6.77. The van der Waals surface area contributed by atoms with E-state index in [1.165, 1.54) is 6.42 Å². The Morgan fingerprint density at radius 3 is 3.11 bits per heavy atom. The maximum atomic E-state index is 11.2. The predicted octanol–water partition coefficient (Wildman–Crippen LogP) is 3.27. The van der Waals surface area contributed by atoms with Gasteiger partial charge in [-0.05, 0) is 44.5 Å².